The Morgan fingerprint density at radius 3 is 1.55 bits per heavy atom. The zero-order valence-electron chi connectivity index (χ0n) is 40.3. The van der Waals surface area contributed by atoms with Gasteiger partial charge in [0, 0.05) is 70.2 Å². The number of aromatic nitrogens is 2. The third kappa shape index (κ3) is 9.01. The van der Waals surface area contributed by atoms with Gasteiger partial charge in [0.1, 0.15) is 17.1 Å². The van der Waals surface area contributed by atoms with Crippen LogP contribution in [0, 0.1) is 0 Å². The maximum absolute atomic E-state index is 14.4. The first-order valence-corrected chi connectivity index (χ1v) is 24.8. The molecule has 0 saturated carbocycles. The summed E-state index contributed by atoms with van der Waals surface area (Å²) in [6.45, 7) is 0.213. The van der Waals surface area contributed by atoms with Gasteiger partial charge in [-0.1, -0.05) is 158 Å². The standard InChI is InChI=1S/C66H48N4O4/c71-41-48-23-13-14-24-53(48)62-54-29-31-60(72)56(39-67-58-37-49(44-19-9-3-10-20-44)35-46-25-27-51(69-63(46)58)33-42-15-5-1-6-16-42)65(54)74-66-55(62)30-32-61(73)57(66)40-68-59-38-50(45-21-11-4-12-22-45)36-47-26-28-52(70-64(47)59)34-43-17-7-2-8-18-43/h1-32,35-38,41,67-68,72H,33-34,39-40H2. The number of nitrogens with zero attached hydrogens (tertiary/aromatic N) is 2. The number of benzene rings is 9. The molecule has 10 aromatic rings. The molecule has 2 aliphatic rings. The van der Waals surface area contributed by atoms with Gasteiger partial charge >= 0.3 is 0 Å². The van der Waals surface area contributed by atoms with Gasteiger partial charge in [-0.2, -0.15) is 0 Å². The number of rotatable bonds is 14. The number of fused-ring (bicyclic) bond motifs is 4. The summed E-state index contributed by atoms with van der Waals surface area (Å²) >= 11 is 0. The van der Waals surface area contributed by atoms with Crippen LogP contribution in [-0.2, 0) is 25.9 Å². The zero-order chi connectivity index (χ0) is 50.0. The van der Waals surface area contributed by atoms with Crippen molar-refractivity contribution in [3.05, 3.63) is 268 Å². The summed E-state index contributed by atoms with van der Waals surface area (Å²) in [5, 5.41) is 21.8. The van der Waals surface area contributed by atoms with E-state index in [2.05, 4.69) is 108 Å². The first-order valence-electron chi connectivity index (χ1n) is 24.8. The van der Waals surface area contributed by atoms with Crippen LogP contribution in [0.4, 0.5) is 11.4 Å². The number of anilines is 2. The predicted molar refractivity (Wildman–Crippen MR) is 299 cm³/mol. The van der Waals surface area contributed by atoms with Gasteiger partial charge in [0.15, 0.2) is 11.7 Å². The Bertz CT molecular complexity index is 4070. The smallest absolute Gasteiger partial charge is 0.187 e. The Balaban J connectivity index is 0.995. The molecule has 0 saturated heterocycles. The first-order chi connectivity index (χ1) is 36.4. The summed E-state index contributed by atoms with van der Waals surface area (Å²) in [5.74, 6) is 0.341. The van der Waals surface area contributed by atoms with Crippen LogP contribution in [0.5, 0.6) is 5.75 Å². The Kier molecular flexibility index (Phi) is 12.2. The SMILES string of the molecule is O=Cc1ccccc1-c1c2ccc(=O)c(CNc3cc(-c4ccccc4)cc4ccc(Cc5ccccc5)nc34)c-2oc2c(CNc3cc(-c4ccccc4)cc4ccc(Cc5ccccc5)nc34)c(O)ccc12. The number of carbonyl (C=O) groups is 1. The fourth-order valence-electron chi connectivity index (χ4n) is 10.1. The van der Waals surface area contributed by atoms with E-state index in [0.29, 0.717) is 63.0 Å². The number of aldehydes is 1. The van der Waals surface area contributed by atoms with Crippen LogP contribution in [0.2, 0.25) is 0 Å². The highest BCUT2D eigenvalue weighted by molar-refractivity contribution is 6.07. The lowest BCUT2D eigenvalue weighted by molar-refractivity contribution is 0.112. The number of aromatic hydroxyl groups is 1. The molecule has 1 aliphatic carbocycles. The average molecular weight is 961 g/mol. The van der Waals surface area contributed by atoms with Gasteiger partial charge in [0.2, 0.25) is 0 Å². The molecular formula is C66H48N4O4. The molecule has 0 bridgehead atoms. The molecule has 0 fully saturated rings. The minimum Gasteiger partial charge on any atom is -0.507 e. The van der Waals surface area contributed by atoms with Crippen LogP contribution in [0.3, 0.4) is 0 Å². The molecule has 0 unspecified atom stereocenters. The summed E-state index contributed by atoms with van der Waals surface area (Å²) in [6, 6.07) is 72.0. The van der Waals surface area contributed by atoms with Crippen LogP contribution in [0.25, 0.3) is 77.5 Å². The molecule has 356 valence electrons. The van der Waals surface area contributed by atoms with E-state index in [-0.39, 0.29) is 24.3 Å². The van der Waals surface area contributed by atoms with Crippen molar-refractivity contribution < 1.29 is 14.3 Å². The van der Waals surface area contributed by atoms with Crippen molar-refractivity contribution in [2.24, 2.45) is 0 Å². The first kappa shape index (κ1) is 45.5. The van der Waals surface area contributed by atoms with Gasteiger partial charge in [0.05, 0.1) is 33.5 Å². The fraction of sp³-hybridized carbons (Fsp3) is 0.0606. The number of hydrogen-bond donors (Lipinski definition) is 3. The largest absolute Gasteiger partial charge is 0.507 e. The van der Waals surface area contributed by atoms with E-state index in [9.17, 15) is 14.7 Å². The van der Waals surface area contributed by atoms with Gasteiger partial charge in [-0.05, 0) is 99.6 Å². The summed E-state index contributed by atoms with van der Waals surface area (Å²) < 4.78 is 7.06. The molecule has 3 N–H and O–H groups in total. The van der Waals surface area contributed by atoms with Gasteiger partial charge in [-0.15, -0.1) is 0 Å². The zero-order valence-corrected chi connectivity index (χ0v) is 40.3. The van der Waals surface area contributed by atoms with Crippen LogP contribution in [0.1, 0.15) is 44.0 Å². The number of hydrogen-bond acceptors (Lipinski definition) is 8. The molecule has 12 rings (SSSR count). The van der Waals surface area contributed by atoms with Gasteiger partial charge in [-0.3, -0.25) is 19.6 Å². The van der Waals surface area contributed by atoms with Gasteiger partial charge in [0.25, 0.3) is 0 Å². The quantitative estimate of drug-likeness (QED) is 0.0729. The fourth-order valence-corrected chi connectivity index (χ4v) is 10.1. The third-order valence-electron chi connectivity index (χ3n) is 13.8. The highest BCUT2D eigenvalue weighted by Gasteiger charge is 2.26. The molecule has 0 amide bonds. The molecular weight excluding hydrogens is 913 g/mol. The van der Waals surface area contributed by atoms with Crippen molar-refractivity contribution in [3.63, 3.8) is 0 Å². The number of phenols is 1. The molecule has 0 atom stereocenters. The lowest BCUT2D eigenvalue weighted by atomic mass is 9.88. The summed E-state index contributed by atoms with van der Waals surface area (Å²) in [6.07, 6.45) is 2.17. The van der Waals surface area contributed by atoms with E-state index in [1.165, 1.54) is 0 Å². The van der Waals surface area contributed by atoms with E-state index in [1.807, 2.05) is 97.1 Å². The molecule has 0 radical (unpaired) electrons. The molecule has 74 heavy (non-hydrogen) atoms. The second-order valence-corrected chi connectivity index (χ2v) is 18.6. The molecule has 0 spiro atoms. The van der Waals surface area contributed by atoms with Crippen molar-refractivity contribution in [1.82, 2.24) is 9.97 Å². The Hall–Kier alpha value is -9.66. The lowest BCUT2D eigenvalue weighted by Crippen LogP contribution is -2.15. The summed E-state index contributed by atoms with van der Waals surface area (Å²) in [5.41, 5.74) is 14.8. The molecule has 2 aromatic heterocycles. The molecule has 8 nitrogen and oxygen atoms in total. The highest BCUT2D eigenvalue weighted by atomic mass is 16.3. The van der Waals surface area contributed by atoms with Gasteiger partial charge < -0.3 is 20.2 Å². The van der Waals surface area contributed by atoms with Crippen LogP contribution < -0.4 is 16.1 Å². The molecule has 8 aromatic carbocycles. The number of carbonyl (C=O) groups excluding carboxylic acids is 1. The number of phenolic OH excluding ortho intramolecular Hbond substituents is 1. The second-order valence-electron chi connectivity index (χ2n) is 18.6. The van der Waals surface area contributed by atoms with Crippen molar-refractivity contribution in [2.45, 2.75) is 25.9 Å². The van der Waals surface area contributed by atoms with Crippen LogP contribution in [0.15, 0.2) is 228 Å². The normalized spacial score (nSPS) is 11.4. The Morgan fingerprint density at radius 2 is 1.00 bits per heavy atom. The second kappa shape index (κ2) is 19.9. The topological polar surface area (TPSA) is 117 Å². The third-order valence-corrected chi connectivity index (χ3v) is 13.8. The van der Waals surface area contributed by atoms with Crippen molar-refractivity contribution in [2.75, 3.05) is 10.6 Å². The van der Waals surface area contributed by atoms with Crippen LogP contribution in [-0.4, -0.2) is 21.4 Å². The summed E-state index contributed by atoms with van der Waals surface area (Å²) in [4.78, 5) is 37.7. The van der Waals surface area contributed by atoms with Crippen molar-refractivity contribution in [3.8, 4) is 50.5 Å². The predicted octanol–water partition coefficient (Wildman–Crippen LogP) is 14.9. The minimum atomic E-state index is -0.231. The minimum absolute atomic E-state index is 0.00324. The highest BCUT2D eigenvalue weighted by Crippen LogP contribution is 2.45. The molecule has 3 heterocycles. The van der Waals surface area contributed by atoms with Crippen molar-refractivity contribution >= 4 is 50.4 Å². The maximum atomic E-state index is 14.4. The lowest BCUT2D eigenvalue weighted by Gasteiger charge is -2.21. The Morgan fingerprint density at radius 1 is 0.486 bits per heavy atom. The Labute approximate surface area is 427 Å². The number of pyridine rings is 2. The maximum Gasteiger partial charge on any atom is 0.187 e. The average Bonchev–Trinajstić information content (AvgIpc) is 3.47. The molecule has 8 heteroatoms. The van der Waals surface area contributed by atoms with E-state index < -0.39 is 0 Å². The van der Waals surface area contributed by atoms with E-state index in [4.69, 9.17) is 14.4 Å². The number of nitrogens with one attached hydrogen (secondary N) is 2. The summed E-state index contributed by atoms with van der Waals surface area (Å²) in [7, 11) is 0. The monoisotopic (exact) mass is 960 g/mol. The van der Waals surface area contributed by atoms with Crippen LogP contribution >= 0.6 is 0 Å². The van der Waals surface area contributed by atoms with E-state index >= 15 is 0 Å². The van der Waals surface area contributed by atoms with Crippen molar-refractivity contribution in [1.29, 1.82) is 0 Å². The van der Waals surface area contributed by atoms with E-state index in [1.54, 1.807) is 24.3 Å². The van der Waals surface area contributed by atoms with Gasteiger partial charge in [-0.25, -0.2) is 0 Å². The van der Waals surface area contributed by atoms with E-state index in [0.717, 1.165) is 84.2 Å². The molecule has 1 aliphatic heterocycles.